The summed E-state index contributed by atoms with van der Waals surface area (Å²) in [5.74, 6) is 0. The van der Waals surface area contributed by atoms with Crippen LogP contribution in [-0.2, 0) is 17.1 Å². The SMILES string of the molecule is CC(=NO)c1csc(NS(=O)(=O)c2cnn(C)c2)n1. The fraction of sp³-hybridized carbons (Fsp3) is 0.222. The van der Waals surface area contributed by atoms with Gasteiger partial charge < -0.3 is 5.21 Å². The van der Waals surface area contributed by atoms with Crippen molar-refractivity contribution in [1.82, 2.24) is 14.8 Å². The number of hydrogen-bond donors (Lipinski definition) is 2. The van der Waals surface area contributed by atoms with Gasteiger partial charge in [0.15, 0.2) is 5.13 Å². The van der Waals surface area contributed by atoms with Gasteiger partial charge in [-0.2, -0.15) is 5.10 Å². The highest BCUT2D eigenvalue weighted by Crippen LogP contribution is 2.20. The van der Waals surface area contributed by atoms with Gasteiger partial charge >= 0.3 is 0 Å². The van der Waals surface area contributed by atoms with E-state index in [0.29, 0.717) is 11.4 Å². The molecule has 2 rings (SSSR count). The summed E-state index contributed by atoms with van der Waals surface area (Å²) in [6.45, 7) is 1.56. The summed E-state index contributed by atoms with van der Waals surface area (Å²) in [5.41, 5.74) is 0.722. The molecule has 0 bridgehead atoms. The minimum absolute atomic E-state index is 0.0549. The third kappa shape index (κ3) is 2.90. The maximum Gasteiger partial charge on any atom is 0.266 e. The fourth-order valence-electron chi connectivity index (χ4n) is 1.25. The van der Waals surface area contributed by atoms with Crippen molar-refractivity contribution in [3.63, 3.8) is 0 Å². The number of hydrogen-bond acceptors (Lipinski definition) is 7. The minimum Gasteiger partial charge on any atom is -0.411 e. The largest absolute Gasteiger partial charge is 0.411 e. The molecule has 19 heavy (non-hydrogen) atoms. The molecular weight excluding hydrogens is 290 g/mol. The Morgan fingerprint density at radius 1 is 1.58 bits per heavy atom. The van der Waals surface area contributed by atoms with Gasteiger partial charge in [0.25, 0.3) is 10.0 Å². The Kier molecular flexibility index (Phi) is 3.53. The molecule has 0 atom stereocenters. The lowest BCUT2D eigenvalue weighted by molar-refractivity contribution is 0.319. The second kappa shape index (κ2) is 4.97. The lowest BCUT2D eigenvalue weighted by Crippen LogP contribution is -2.12. The van der Waals surface area contributed by atoms with Crippen molar-refractivity contribution in [2.75, 3.05) is 4.72 Å². The van der Waals surface area contributed by atoms with Crippen molar-refractivity contribution in [3.8, 4) is 0 Å². The average molecular weight is 301 g/mol. The molecule has 0 aliphatic carbocycles. The molecule has 0 aromatic carbocycles. The maximum absolute atomic E-state index is 12.0. The van der Waals surface area contributed by atoms with Crippen molar-refractivity contribution >= 4 is 32.2 Å². The lowest BCUT2D eigenvalue weighted by atomic mass is 10.3. The summed E-state index contributed by atoms with van der Waals surface area (Å²) in [4.78, 5) is 4.06. The Labute approximate surface area is 113 Å². The van der Waals surface area contributed by atoms with Crippen LogP contribution in [0.4, 0.5) is 5.13 Å². The molecule has 10 heteroatoms. The van der Waals surface area contributed by atoms with Gasteiger partial charge in [-0.25, -0.2) is 13.4 Å². The third-order valence-electron chi connectivity index (χ3n) is 2.24. The molecule has 8 nitrogen and oxygen atoms in total. The number of aromatic nitrogens is 3. The van der Waals surface area contributed by atoms with Gasteiger partial charge in [0, 0.05) is 18.6 Å². The molecule has 2 aromatic rings. The predicted octanol–water partition coefficient (Wildman–Crippen LogP) is 0.876. The van der Waals surface area contributed by atoms with Gasteiger partial charge in [0.05, 0.1) is 6.20 Å². The first kappa shape index (κ1) is 13.5. The van der Waals surface area contributed by atoms with E-state index in [-0.39, 0.29) is 10.0 Å². The molecule has 2 N–H and O–H groups in total. The molecule has 2 heterocycles. The van der Waals surface area contributed by atoms with Crippen molar-refractivity contribution in [2.24, 2.45) is 12.2 Å². The van der Waals surface area contributed by atoms with E-state index in [1.165, 1.54) is 17.1 Å². The molecule has 0 aliphatic heterocycles. The number of sulfonamides is 1. The zero-order valence-electron chi connectivity index (χ0n) is 10.1. The molecule has 102 valence electrons. The highest BCUT2D eigenvalue weighted by molar-refractivity contribution is 7.93. The Balaban J connectivity index is 2.24. The highest BCUT2D eigenvalue weighted by Gasteiger charge is 2.18. The van der Waals surface area contributed by atoms with Gasteiger partial charge in [0.2, 0.25) is 0 Å². The van der Waals surface area contributed by atoms with Crippen LogP contribution >= 0.6 is 11.3 Å². The zero-order chi connectivity index (χ0) is 14.0. The smallest absolute Gasteiger partial charge is 0.266 e. The number of anilines is 1. The van der Waals surface area contributed by atoms with Crippen molar-refractivity contribution < 1.29 is 13.6 Å². The monoisotopic (exact) mass is 301 g/mol. The van der Waals surface area contributed by atoms with E-state index in [9.17, 15) is 8.42 Å². The Morgan fingerprint density at radius 3 is 2.89 bits per heavy atom. The number of aryl methyl sites for hydroxylation is 1. The van der Waals surface area contributed by atoms with Crippen LogP contribution in [0.25, 0.3) is 0 Å². The number of nitrogens with one attached hydrogen (secondary N) is 1. The number of rotatable bonds is 4. The standard InChI is InChI=1S/C9H11N5O3S2/c1-6(12-15)8-5-18-9(11-8)13-19(16,17)7-3-10-14(2)4-7/h3-5,15H,1-2H3,(H,11,13). The number of nitrogens with zero attached hydrogens (tertiary/aromatic N) is 4. The van der Waals surface area contributed by atoms with Crippen molar-refractivity contribution in [2.45, 2.75) is 11.8 Å². The Bertz CT molecular complexity index is 716. The molecule has 2 aromatic heterocycles. The molecular formula is C9H11N5O3S2. The van der Waals surface area contributed by atoms with Gasteiger partial charge in [-0.05, 0) is 6.92 Å². The molecule has 0 fully saturated rings. The van der Waals surface area contributed by atoms with Crippen LogP contribution in [0.3, 0.4) is 0 Å². The van der Waals surface area contributed by atoms with E-state index in [2.05, 4.69) is 20.0 Å². The Morgan fingerprint density at radius 2 is 2.32 bits per heavy atom. The normalized spacial score (nSPS) is 12.6. The first-order chi connectivity index (χ1) is 8.92. The summed E-state index contributed by atoms with van der Waals surface area (Å²) in [7, 11) is -2.07. The quantitative estimate of drug-likeness (QED) is 0.495. The van der Waals surface area contributed by atoms with Crippen LogP contribution < -0.4 is 4.72 Å². The van der Waals surface area contributed by atoms with Crippen molar-refractivity contribution in [1.29, 1.82) is 0 Å². The van der Waals surface area contributed by atoms with E-state index >= 15 is 0 Å². The first-order valence-electron chi connectivity index (χ1n) is 5.08. The topological polar surface area (TPSA) is 109 Å². The van der Waals surface area contributed by atoms with Crippen LogP contribution in [0.2, 0.25) is 0 Å². The van der Waals surface area contributed by atoms with E-state index in [4.69, 9.17) is 5.21 Å². The number of oxime groups is 1. The Hall–Kier alpha value is -1.94. The van der Waals surface area contributed by atoms with Crippen LogP contribution in [-0.4, -0.2) is 34.1 Å². The van der Waals surface area contributed by atoms with Crippen LogP contribution in [0.1, 0.15) is 12.6 Å². The third-order valence-corrected chi connectivity index (χ3v) is 4.42. The highest BCUT2D eigenvalue weighted by atomic mass is 32.2. The minimum atomic E-state index is -3.70. The molecule has 0 radical (unpaired) electrons. The first-order valence-corrected chi connectivity index (χ1v) is 7.44. The molecule has 0 saturated heterocycles. The van der Waals surface area contributed by atoms with Crippen LogP contribution in [0, 0.1) is 0 Å². The van der Waals surface area contributed by atoms with Gasteiger partial charge in [-0.3, -0.25) is 9.40 Å². The second-order valence-electron chi connectivity index (χ2n) is 3.68. The molecule has 0 unspecified atom stereocenters. The van der Waals surface area contributed by atoms with E-state index in [0.717, 1.165) is 11.3 Å². The van der Waals surface area contributed by atoms with Crippen LogP contribution in [0.15, 0.2) is 27.8 Å². The molecule has 0 aliphatic rings. The van der Waals surface area contributed by atoms with Gasteiger partial charge in [-0.15, -0.1) is 11.3 Å². The summed E-state index contributed by atoms with van der Waals surface area (Å²) in [5, 5.41) is 17.2. The fourth-order valence-corrected chi connectivity index (χ4v) is 3.24. The van der Waals surface area contributed by atoms with Gasteiger partial charge in [-0.1, -0.05) is 5.16 Å². The molecule has 0 spiro atoms. The van der Waals surface area contributed by atoms with Crippen LogP contribution in [0.5, 0.6) is 0 Å². The predicted molar refractivity (Wildman–Crippen MR) is 70.1 cm³/mol. The summed E-state index contributed by atoms with van der Waals surface area (Å²) in [6.07, 6.45) is 2.63. The van der Waals surface area contributed by atoms with E-state index in [1.807, 2.05) is 0 Å². The summed E-state index contributed by atoms with van der Waals surface area (Å²) >= 11 is 1.10. The molecule has 0 amide bonds. The summed E-state index contributed by atoms with van der Waals surface area (Å²) in [6, 6.07) is 0. The van der Waals surface area contributed by atoms with Crippen molar-refractivity contribution in [3.05, 3.63) is 23.5 Å². The van der Waals surface area contributed by atoms with E-state index < -0.39 is 10.0 Å². The van der Waals surface area contributed by atoms with Gasteiger partial charge in [0.1, 0.15) is 16.3 Å². The lowest BCUT2D eigenvalue weighted by Gasteiger charge is -2.01. The summed E-state index contributed by atoms with van der Waals surface area (Å²) < 4.78 is 27.7. The maximum atomic E-state index is 12.0. The molecule has 0 saturated carbocycles. The van der Waals surface area contributed by atoms with E-state index in [1.54, 1.807) is 19.4 Å². The zero-order valence-corrected chi connectivity index (χ0v) is 11.7. The second-order valence-corrected chi connectivity index (χ2v) is 6.22. The average Bonchev–Trinajstić information content (AvgIpc) is 2.97. The number of thiazole rings is 1.